The van der Waals surface area contributed by atoms with Crippen molar-refractivity contribution in [2.75, 3.05) is 46.1 Å². The number of ether oxygens (including phenoxy) is 1. The maximum Gasteiger partial charge on any atom is 0.333 e. The number of aliphatic hydroxyl groups is 2. The van der Waals surface area contributed by atoms with Crippen LogP contribution in [-0.4, -0.2) is 76.0 Å². The Kier molecular flexibility index (Phi) is 44.1. The Morgan fingerprint density at radius 2 is 0.836 bits per heavy atom. The number of nitrogens with zero attached hydrogens (tertiary/aromatic N) is 1. The van der Waals surface area contributed by atoms with E-state index in [2.05, 4.69) is 56.1 Å². The molecule has 0 aliphatic carbocycles. The predicted octanol–water partition coefficient (Wildman–Crippen LogP) is 14.0. The molecule has 0 aliphatic rings. The maximum atomic E-state index is 9.22. The van der Waals surface area contributed by atoms with E-state index < -0.39 is 8.56 Å². The van der Waals surface area contributed by atoms with Crippen LogP contribution in [0.1, 0.15) is 219 Å². The summed E-state index contributed by atoms with van der Waals surface area (Å²) in [6.07, 6.45) is 50.4. The van der Waals surface area contributed by atoms with Crippen molar-refractivity contribution in [3.8, 4) is 0 Å². The molecule has 328 valence electrons. The number of hydrogen-bond acceptors (Lipinski definition) is 6. The quantitative estimate of drug-likeness (QED) is 0.0277. The number of unbranched alkanes of at least 4 members (excludes halogenated alkanes) is 26. The van der Waals surface area contributed by atoms with Crippen molar-refractivity contribution in [1.29, 1.82) is 0 Å². The van der Waals surface area contributed by atoms with E-state index in [9.17, 15) is 10.2 Å². The van der Waals surface area contributed by atoms with Gasteiger partial charge in [-0.15, -0.1) is 0 Å². The monoisotopic (exact) mass is 796 g/mol. The number of hydrogen-bond donors (Lipinski definition) is 2. The highest BCUT2D eigenvalue weighted by Gasteiger charge is 2.29. The van der Waals surface area contributed by atoms with Gasteiger partial charge in [0, 0.05) is 26.3 Å². The smallest absolute Gasteiger partial charge is 0.333 e. The lowest BCUT2D eigenvalue weighted by Crippen LogP contribution is -2.40. The maximum absolute atomic E-state index is 9.22. The summed E-state index contributed by atoms with van der Waals surface area (Å²) < 4.78 is 19.4. The van der Waals surface area contributed by atoms with Crippen LogP contribution in [0.4, 0.5) is 0 Å². The van der Waals surface area contributed by atoms with Crippen molar-refractivity contribution in [2.45, 2.75) is 239 Å². The number of aliphatic hydroxyl groups excluding tert-OH is 2. The molecule has 0 saturated heterocycles. The highest BCUT2D eigenvalue weighted by molar-refractivity contribution is 6.64. The van der Waals surface area contributed by atoms with E-state index in [1.54, 1.807) is 0 Å². The van der Waals surface area contributed by atoms with Gasteiger partial charge in [0.1, 0.15) is 6.29 Å². The van der Waals surface area contributed by atoms with Crippen LogP contribution in [-0.2, 0) is 13.6 Å². The van der Waals surface area contributed by atoms with Crippen LogP contribution in [0.5, 0.6) is 0 Å². The Balaban J connectivity index is 4.34. The SMILES string of the molecule is CCCCCCCC/C=C\CCCCCCCCOC(CCCCCCC/C=C\CCCCCCCC)O[Si](C)(C)OCCCCCCN(CCO)CCO. The molecule has 0 aromatic heterocycles. The molecule has 0 rings (SSSR count). The summed E-state index contributed by atoms with van der Waals surface area (Å²) in [5.74, 6) is 0. The molecule has 1 atom stereocenters. The van der Waals surface area contributed by atoms with Gasteiger partial charge in [0.25, 0.3) is 0 Å². The largest absolute Gasteiger partial charge is 0.395 e. The zero-order chi connectivity index (χ0) is 40.2. The summed E-state index contributed by atoms with van der Waals surface area (Å²) in [5, 5.41) is 18.4. The van der Waals surface area contributed by atoms with Gasteiger partial charge in [0.2, 0.25) is 0 Å². The Bertz CT molecular complexity index is 788. The fourth-order valence-electron chi connectivity index (χ4n) is 7.20. The highest BCUT2D eigenvalue weighted by atomic mass is 28.4. The first-order valence-corrected chi connectivity index (χ1v) is 27.0. The summed E-state index contributed by atoms with van der Waals surface area (Å²) in [6.45, 7) is 12.9. The van der Waals surface area contributed by atoms with Gasteiger partial charge >= 0.3 is 8.56 Å². The molecule has 0 saturated carbocycles. The van der Waals surface area contributed by atoms with Crippen LogP contribution in [0, 0.1) is 0 Å². The summed E-state index contributed by atoms with van der Waals surface area (Å²) in [5.41, 5.74) is 0. The summed E-state index contributed by atoms with van der Waals surface area (Å²) in [6, 6.07) is 0. The minimum Gasteiger partial charge on any atom is -0.395 e. The van der Waals surface area contributed by atoms with E-state index in [0.717, 1.165) is 64.7 Å². The number of rotatable bonds is 46. The first-order chi connectivity index (χ1) is 27.0. The van der Waals surface area contributed by atoms with E-state index in [1.165, 1.54) is 161 Å². The molecule has 55 heavy (non-hydrogen) atoms. The van der Waals surface area contributed by atoms with Gasteiger partial charge < -0.3 is 23.8 Å². The molecule has 0 fully saturated rings. The summed E-state index contributed by atoms with van der Waals surface area (Å²) >= 11 is 0. The molecular formula is C48H97NO5Si. The zero-order valence-corrected chi connectivity index (χ0v) is 38.5. The van der Waals surface area contributed by atoms with Crippen LogP contribution >= 0.6 is 0 Å². The normalized spacial score (nSPS) is 13.0. The third-order valence-corrected chi connectivity index (χ3v) is 12.5. The number of allylic oxidation sites excluding steroid dienone is 4. The van der Waals surface area contributed by atoms with E-state index in [1.807, 2.05) is 0 Å². The molecule has 0 spiro atoms. The van der Waals surface area contributed by atoms with E-state index in [0.29, 0.717) is 13.1 Å². The molecule has 7 heteroatoms. The van der Waals surface area contributed by atoms with Crippen LogP contribution < -0.4 is 0 Å². The van der Waals surface area contributed by atoms with Gasteiger partial charge in [-0.05, 0) is 103 Å². The molecule has 1 unspecified atom stereocenters. The average Bonchev–Trinajstić information content (AvgIpc) is 3.17. The second kappa shape index (κ2) is 44.6. The Labute approximate surface area is 345 Å². The van der Waals surface area contributed by atoms with E-state index in [4.69, 9.17) is 13.6 Å². The van der Waals surface area contributed by atoms with Gasteiger partial charge in [0.05, 0.1) is 13.2 Å². The zero-order valence-electron chi connectivity index (χ0n) is 37.5. The fourth-order valence-corrected chi connectivity index (χ4v) is 8.72. The van der Waals surface area contributed by atoms with Crippen molar-refractivity contribution in [2.24, 2.45) is 0 Å². The Morgan fingerprint density at radius 3 is 1.29 bits per heavy atom. The van der Waals surface area contributed by atoms with Crippen LogP contribution in [0.3, 0.4) is 0 Å². The lowest BCUT2D eigenvalue weighted by atomic mass is 10.1. The van der Waals surface area contributed by atoms with Crippen molar-refractivity contribution >= 4 is 8.56 Å². The van der Waals surface area contributed by atoms with Crippen molar-refractivity contribution in [1.82, 2.24) is 4.90 Å². The first kappa shape index (κ1) is 54.5. The lowest BCUT2D eigenvalue weighted by Gasteiger charge is -2.29. The Hall–Kier alpha value is -0.543. The van der Waals surface area contributed by atoms with E-state index >= 15 is 0 Å². The third kappa shape index (κ3) is 42.9. The molecule has 0 radical (unpaired) electrons. The average molecular weight is 796 g/mol. The van der Waals surface area contributed by atoms with Crippen molar-refractivity contribution in [3.63, 3.8) is 0 Å². The molecule has 0 aromatic carbocycles. The fraction of sp³-hybridized carbons (Fsp3) is 0.917. The topological polar surface area (TPSA) is 71.4 Å². The second-order valence-electron chi connectivity index (χ2n) is 16.7. The molecule has 6 nitrogen and oxygen atoms in total. The summed E-state index contributed by atoms with van der Waals surface area (Å²) in [4.78, 5) is 2.13. The van der Waals surface area contributed by atoms with Crippen LogP contribution in [0.2, 0.25) is 13.1 Å². The molecule has 0 bridgehead atoms. The molecule has 0 amide bonds. The van der Waals surface area contributed by atoms with Crippen molar-refractivity contribution < 1.29 is 23.8 Å². The Morgan fingerprint density at radius 1 is 0.455 bits per heavy atom. The van der Waals surface area contributed by atoms with E-state index in [-0.39, 0.29) is 19.5 Å². The minimum atomic E-state index is -2.30. The highest BCUT2D eigenvalue weighted by Crippen LogP contribution is 2.19. The van der Waals surface area contributed by atoms with Crippen LogP contribution in [0.25, 0.3) is 0 Å². The predicted molar refractivity (Wildman–Crippen MR) is 242 cm³/mol. The van der Waals surface area contributed by atoms with Gasteiger partial charge in [-0.25, -0.2) is 0 Å². The first-order valence-electron chi connectivity index (χ1n) is 24.2. The van der Waals surface area contributed by atoms with Gasteiger partial charge in [0.15, 0.2) is 0 Å². The minimum absolute atomic E-state index is 0.146. The standard InChI is InChI=1S/C48H97NO5Si/c1-5-7-9-11-13-15-17-19-21-23-25-27-29-31-34-38-46-52-48(40-36-32-30-28-26-24-22-20-18-16-14-12-10-8-6-2)54-55(3,4)53-47-39-35-33-37-41-49(42-44-50)43-45-51/h19-22,48,50-51H,5-18,23-47H2,1-4H3/b21-19-,22-20-. The third-order valence-electron chi connectivity index (χ3n) is 10.7. The lowest BCUT2D eigenvalue weighted by molar-refractivity contribution is -0.104. The summed E-state index contributed by atoms with van der Waals surface area (Å²) in [7, 11) is -2.30. The van der Waals surface area contributed by atoms with Gasteiger partial charge in [-0.3, -0.25) is 4.90 Å². The van der Waals surface area contributed by atoms with Gasteiger partial charge in [-0.1, -0.05) is 160 Å². The molecular weight excluding hydrogens is 699 g/mol. The second-order valence-corrected chi connectivity index (χ2v) is 20.0. The molecule has 0 aliphatic heterocycles. The van der Waals surface area contributed by atoms with Crippen molar-refractivity contribution in [3.05, 3.63) is 24.3 Å². The molecule has 0 heterocycles. The van der Waals surface area contributed by atoms with Crippen LogP contribution in [0.15, 0.2) is 24.3 Å². The molecule has 0 aromatic rings. The van der Waals surface area contributed by atoms with Gasteiger partial charge in [-0.2, -0.15) is 0 Å². The molecule has 2 N–H and O–H groups in total.